The Morgan fingerprint density at radius 1 is 1.04 bits per heavy atom. The molecule has 7 heteroatoms. The molecule has 0 spiro atoms. The molecular formula is C19H15N3OS3. The van der Waals surface area contributed by atoms with Crippen LogP contribution in [0, 0.1) is 0 Å². The van der Waals surface area contributed by atoms with Gasteiger partial charge < -0.3 is 5.32 Å². The minimum Gasteiger partial charge on any atom is -0.300 e. The molecule has 4 nitrogen and oxygen atoms in total. The molecule has 0 atom stereocenters. The van der Waals surface area contributed by atoms with Gasteiger partial charge in [0.15, 0.2) is 4.34 Å². The number of benzene rings is 2. The number of hydrogen-bond acceptors (Lipinski definition) is 6. The second kappa shape index (κ2) is 7.99. The SMILES string of the molecule is O=C(Cc1cccc2ccccc12)Nc1nnc(SCc2cccs2)s1. The van der Waals surface area contributed by atoms with Crippen molar-refractivity contribution < 1.29 is 4.79 Å². The lowest BCUT2D eigenvalue weighted by Crippen LogP contribution is -2.14. The van der Waals surface area contributed by atoms with Crippen LogP contribution in [-0.4, -0.2) is 16.1 Å². The molecule has 0 aliphatic rings. The van der Waals surface area contributed by atoms with E-state index in [1.54, 1.807) is 23.1 Å². The molecule has 130 valence electrons. The fourth-order valence-corrected chi connectivity index (χ4v) is 5.17. The second-order valence-electron chi connectivity index (χ2n) is 5.60. The second-order valence-corrected chi connectivity index (χ2v) is 8.84. The third-order valence-electron chi connectivity index (χ3n) is 3.80. The Balaban J connectivity index is 1.39. The highest BCUT2D eigenvalue weighted by atomic mass is 32.2. The van der Waals surface area contributed by atoms with E-state index in [1.807, 2.05) is 36.4 Å². The molecule has 4 aromatic rings. The summed E-state index contributed by atoms with van der Waals surface area (Å²) in [5.41, 5.74) is 1.01. The molecule has 26 heavy (non-hydrogen) atoms. The first kappa shape index (κ1) is 17.2. The van der Waals surface area contributed by atoms with Crippen LogP contribution in [0.2, 0.25) is 0 Å². The number of nitrogens with zero attached hydrogens (tertiary/aromatic N) is 2. The summed E-state index contributed by atoms with van der Waals surface area (Å²) in [6.45, 7) is 0. The van der Waals surface area contributed by atoms with Gasteiger partial charge in [-0.1, -0.05) is 71.6 Å². The van der Waals surface area contributed by atoms with Gasteiger partial charge in [-0.05, 0) is 27.8 Å². The Hall–Kier alpha value is -2.22. The molecule has 2 aromatic heterocycles. The van der Waals surface area contributed by atoms with Gasteiger partial charge in [-0.2, -0.15) is 0 Å². The van der Waals surface area contributed by atoms with E-state index in [1.165, 1.54) is 16.2 Å². The topological polar surface area (TPSA) is 54.9 Å². The first-order valence-electron chi connectivity index (χ1n) is 8.03. The normalized spacial score (nSPS) is 10.9. The van der Waals surface area contributed by atoms with E-state index >= 15 is 0 Å². The number of carbonyl (C=O) groups is 1. The predicted octanol–water partition coefficient (Wildman–Crippen LogP) is 5.23. The van der Waals surface area contributed by atoms with Gasteiger partial charge in [0, 0.05) is 10.6 Å². The van der Waals surface area contributed by atoms with Gasteiger partial charge in [0.1, 0.15) is 0 Å². The highest BCUT2D eigenvalue weighted by Crippen LogP contribution is 2.29. The van der Waals surface area contributed by atoms with Crippen LogP contribution in [0.1, 0.15) is 10.4 Å². The van der Waals surface area contributed by atoms with Crippen LogP contribution in [0.3, 0.4) is 0 Å². The minimum absolute atomic E-state index is 0.0766. The molecule has 0 bridgehead atoms. The lowest BCUT2D eigenvalue weighted by Gasteiger charge is -2.06. The quantitative estimate of drug-likeness (QED) is 0.358. The van der Waals surface area contributed by atoms with E-state index in [0.717, 1.165) is 26.4 Å². The molecule has 2 aromatic carbocycles. The van der Waals surface area contributed by atoms with E-state index < -0.39 is 0 Å². The summed E-state index contributed by atoms with van der Waals surface area (Å²) in [6, 6.07) is 18.3. The number of hydrogen-bond donors (Lipinski definition) is 1. The summed E-state index contributed by atoms with van der Waals surface area (Å²) in [5, 5.41) is 15.9. The zero-order valence-electron chi connectivity index (χ0n) is 13.7. The zero-order chi connectivity index (χ0) is 17.8. The van der Waals surface area contributed by atoms with Crippen LogP contribution < -0.4 is 5.32 Å². The van der Waals surface area contributed by atoms with Gasteiger partial charge in [0.2, 0.25) is 11.0 Å². The number of thiophene rings is 1. The predicted molar refractivity (Wildman–Crippen MR) is 110 cm³/mol. The highest BCUT2D eigenvalue weighted by Gasteiger charge is 2.11. The molecular weight excluding hydrogens is 382 g/mol. The smallest absolute Gasteiger partial charge is 0.230 e. The summed E-state index contributed by atoms with van der Waals surface area (Å²) in [5.74, 6) is 0.795. The number of fused-ring (bicyclic) bond motifs is 1. The van der Waals surface area contributed by atoms with Gasteiger partial charge in [0.25, 0.3) is 0 Å². The molecule has 1 amide bonds. The van der Waals surface area contributed by atoms with Gasteiger partial charge in [-0.3, -0.25) is 4.79 Å². The standard InChI is InChI=1S/C19H15N3OS3/c23-17(11-14-7-3-6-13-5-1-2-9-16(13)14)20-18-21-22-19(26-18)25-12-15-8-4-10-24-15/h1-10H,11-12H2,(H,20,21,23). The van der Waals surface area contributed by atoms with Gasteiger partial charge in [-0.15, -0.1) is 21.5 Å². The van der Waals surface area contributed by atoms with Crippen LogP contribution >= 0.6 is 34.4 Å². The van der Waals surface area contributed by atoms with Crippen LogP contribution in [0.25, 0.3) is 10.8 Å². The molecule has 0 radical (unpaired) electrons. The summed E-state index contributed by atoms with van der Waals surface area (Å²) in [6.07, 6.45) is 0.318. The van der Waals surface area contributed by atoms with Crippen molar-refractivity contribution in [3.8, 4) is 0 Å². The maximum absolute atomic E-state index is 12.4. The van der Waals surface area contributed by atoms with Crippen molar-refractivity contribution in [3.05, 3.63) is 70.4 Å². The average Bonchev–Trinajstić information content (AvgIpc) is 3.32. The molecule has 4 rings (SSSR count). The average molecular weight is 398 g/mol. The third-order valence-corrected chi connectivity index (χ3v) is 6.88. The molecule has 2 heterocycles. The Labute approximate surface area is 163 Å². The van der Waals surface area contributed by atoms with E-state index in [2.05, 4.69) is 39.1 Å². The van der Waals surface area contributed by atoms with Crippen molar-refractivity contribution in [2.75, 3.05) is 5.32 Å². The minimum atomic E-state index is -0.0766. The number of aromatic nitrogens is 2. The summed E-state index contributed by atoms with van der Waals surface area (Å²) < 4.78 is 0.860. The number of carbonyl (C=O) groups excluding carboxylic acids is 1. The number of anilines is 1. The molecule has 0 aliphatic heterocycles. The monoisotopic (exact) mass is 397 g/mol. The molecule has 1 N–H and O–H groups in total. The Kier molecular flexibility index (Phi) is 5.29. The van der Waals surface area contributed by atoms with Crippen molar-refractivity contribution in [2.24, 2.45) is 0 Å². The van der Waals surface area contributed by atoms with Crippen molar-refractivity contribution in [1.82, 2.24) is 10.2 Å². The van der Waals surface area contributed by atoms with Crippen molar-refractivity contribution in [1.29, 1.82) is 0 Å². The largest absolute Gasteiger partial charge is 0.300 e. The Bertz CT molecular complexity index is 1020. The fraction of sp³-hybridized carbons (Fsp3) is 0.105. The maximum atomic E-state index is 12.4. The van der Waals surface area contributed by atoms with Crippen molar-refractivity contribution in [3.63, 3.8) is 0 Å². The molecule has 0 saturated carbocycles. The maximum Gasteiger partial charge on any atom is 0.230 e. The van der Waals surface area contributed by atoms with Crippen LogP contribution in [-0.2, 0) is 17.0 Å². The van der Waals surface area contributed by atoms with Crippen LogP contribution in [0.15, 0.2) is 64.3 Å². The summed E-state index contributed by atoms with van der Waals surface area (Å²) in [7, 11) is 0. The third kappa shape index (κ3) is 4.12. The summed E-state index contributed by atoms with van der Waals surface area (Å²) in [4.78, 5) is 13.7. The van der Waals surface area contributed by atoms with E-state index in [4.69, 9.17) is 0 Å². The van der Waals surface area contributed by atoms with Gasteiger partial charge in [0.05, 0.1) is 6.42 Å². The molecule has 0 unspecified atom stereocenters. The number of amides is 1. The van der Waals surface area contributed by atoms with Gasteiger partial charge >= 0.3 is 0 Å². The Morgan fingerprint density at radius 2 is 1.92 bits per heavy atom. The Morgan fingerprint density at radius 3 is 2.81 bits per heavy atom. The number of rotatable bonds is 6. The fourth-order valence-electron chi connectivity index (χ4n) is 2.63. The zero-order valence-corrected chi connectivity index (χ0v) is 16.2. The molecule has 0 fully saturated rings. The highest BCUT2D eigenvalue weighted by molar-refractivity contribution is 8.00. The van der Waals surface area contributed by atoms with E-state index in [-0.39, 0.29) is 5.91 Å². The van der Waals surface area contributed by atoms with Gasteiger partial charge in [-0.25, -0.2) is 0 Å². The van der Waals surface area contributed by atoms with Crippen LogP contribution in [0.4, 0.5) is 5.13 Å². The van der Waals surface area contributed by atoms with E-state index in [9.17, 15) is 4.79 Å². The first-order chi connectivity index (χ1) is 12.8. The van der Waals surface area contributed by atoms with Crippen molar-refractivity contribution in [2.45, 2.75) is 16.5 Å². The lowest BCUT2D eigenvalue weighted by atomic mass is 10.0. The first-order valence-corrected chi connectivity index (χ1v) is 10.7. The van der Waals surface area contributed by atoms with Crippen molar-refractivity contribution >= 4 is 56.2 Å². The lowest BCUT2D eigenvalue weighted by molar-refractivity contribution is -0.115. The van der Waals surface area contributed by atoms with Crippen LogP contribution in [0.5, 0.6) is 0 Å². The molecule has 0 saturated heterocycles. The van der Waals surface area contributed by atoms with E-state index in [0.29, 0.717) is 11.6 Å². The number of thioether (sulfide) groups is 1. The summed E-state index contributed by atoms with van der Waals surface area (Å²) >= 11 is 4.77. The number of nitrogens with one attached hydrogen (secondary N) is 1. The molecule has 0 aliphatic carbocycles.